The van der Waals surface area contributed by atoms with Gasteiger partial charge in [-0.15, -0.1) is 0 Å². The monoisotopic (exact) mass is 256 g/mol. The second-order valence-corrected chi connectivity index (χ2v) is 4.55. The molecule has 5 heteroatoms. The van der Waals surface area contributed by atoms with Crippen molar-refractivity contribution in [3.05, 3.63) is 37.1 Å². The van der Waals surface area contributed by atoms with Gasteiger partial charge in [0.25, 0.3) is 0 Å². The average molecular weight is 256 g/mol. The van der Waals surface area contributed by atoms with E-state index in [9.17, 15) is 0 Å². The van der Waals surface area contributed by atoms with Crippen LogP contribution in [0.2, 0.25) is 0 Å². The summed E-state index contributed by atoms with van der Waals surface area (Å²) in [7, 11) is 0. The van der Waals surface area contributed by atoms with Crippen LogP contribution in [0.4, 0.5) is 0 Å². The standard InChI is InChI=1S/C14H16N4O/c1-2-13(11-8-16-10-17-9-11)14(18-5-1)19-12-3-6-15-7-4-12/h1-2,5,8-10,12,15H,3-4,6-7H2. The number of hydrogen-bond donors (Lipinski definition) is 1. The van der Waals surface area contributed by atoms with Crippen molar-refractivity contribution in [2.45, 2.75) is 18.9 Å². The number of aromatic nitrogens is 3. The lowest BCUT2D eigenvalue weighted by Gasteiger charge is -2.24. The second kappa shape index (κ2) is 5.75. The number of hydrogen-bond acceptors (Lipinski definition) is 5. The van der Waals surface area contributed by atoms with E-state index in [0.29, 0.717) is 5.88 Å². The fraction of sp³-hybridized carbons (Fsp3) is 0.357. The van der Waals surface area contributed by atoms with Crippen molar-refractivity contribution >= 4 is 0 Å². The summed E-state index contributed by atoms with van der Waals surface area (Å²) in [6.07, 6.45) is 9.09. The highest BCUT2D eigenvalue weighted by molar-refractivity contribution is 5.66. The maximum absolute atomic E-state index is 6.03. The van der Waals surface area contributed by atoms with Crippen LogP contribution in [0.3, 0.4) is 0 Å². The summed E-state index contributed by atoms with van der Waals surface area (Å²) < 4.78 is 6.03. The lowest BCUT2D eigenvalue weighted by Crippen LogP contribution is -2.34. The third-order valence-electron chi connectivity index (χ3n) is 3.21. The van der Waals surface area contributed by atoms with Crippen LogP contribution >= 0.6 is 0 Å². The number of ether oxygens (including phenoxy) is 1. The number of pyridine rings is 1. The van der Waals surface area contributed by atoms with Crippen molar-refractivity contribution in [3.8, 4) is 17.0 Å². The van der Waals surface area contributed by atoms with Gasteiger partial charge in [-0.25, -0.2) is 15.0 Å². The van der Waals surface area contributed by atoms with Crippen molar-refractivity contribution < 1.29 is 4.74 Å². The number of piperidine rings is 1. The van der Waals surface area contributed by atoms with Gasteiger partial charge in [-0.1, -0.05) is 0 Å². The van der Waals surface area contributed by atoms with Crippen molar-refractivity contribution in [1.29, 1.82) is 0 Å². The van der Waals surface area contributed by atoms with Crippen molar-refractivity contribution in [3.63, 3.8) is 0 Å². The Bertz CT molecular complexity index is 526. The average Bonchev–Trinajstić information content (AvgIpc) is 2.50. The zero-order valence-corrected chi connectivity index (χ0v) is 10.6. The molecule has 0 amide bonds. The van der Waals surface area contributed by atoms with Gasteiger partial charge >= 0.3 is 0 Å². The summed E-state index contributed by atoms with van der Waals surface area (Å²) in [6.45, 7) is 2.00. The Balaban J connectivity index is 1.85. The smallest absolute Gasteiger partial charge is 0.221 e. The highest BCUT2D eigenvalue weighted by Gasteiger charge is 2.17. The van der Waals surface area contributed by atoms with Crippen LogP contribution in [0.25, 0.3) is 11.1 Å². The molecule has 0 bridgehead atoms. The molecule has 0 aliphatic carbocycles. The minimum absolute atomic E-state index is 0.236. The molecule has 0 atom stereocenters. The van der Waals surface area contributed by atoms with E-state index in [0.717, 1.165) is 37.1 Å². The summed E-state index contributed by atoms with van der Waals surface area (Å²) in [5.41, 5.74) is 1.88. The molecular formula is C14H16N4O. The third kappa shape index (κ3) is 2.88. The van der Waals surface area contributed by atoms with E-state index in [4.69, 9.17) is 4.74 Å². The molecule has 0 unspecified atom stereocenters. The number of nitrogens with zero attached hydrogens (tertiary/aromatic N) is 3. The summed E-state index contributed by atoms with van der Waals surface area (Å²) in [5.74, 6) is 0.671. The molecule has 1 aliphatic rings. The first-order valence-corrected chi connectivity index (χ1v) is 6.51. The van der Waals surface area contributed by atoms with Crippen molar-refractivity contribution in [2.75, 3.05) is 13.1 Å². The largest absolute Gasteiger partial charge is 0.474 e. The minimum atomic E-state index is 0.236. The normalized spacial score (nSPS) is 16.2. The molecule has 3 heterocycles. The number of rotatable bonds is 3. The van der Waals surface area contributed by atoms with Crippen molar-refractivity contribution in [2.24, 2.45) is 0 Å². The van der Waals surface area contributed by atoms with Crippen LogP contribution in [-0.4, -0.2) is 34.1 Å². The third-order valence-corrected chi connectivity index (χ3v) is 3.21. The van der Waals surface area contributed by atoms with Gasteiger partial charge in [0, 0.05) is 29.7 Å². The Morgan fingerprint density at radius 3 is 2.74 bits per heavy atom. The maximum atomic E-state index is 6.03. The Hall–Kier alpha value is -2.01. The van der Waals surface area contributed by atoms with Crippen molar-refractivity contribution in [1.82, 2.24) is 20.3 Å². The van der Waals surface area contributed by atoms with Crippen LogP contribution in [-0.2, 0) is 0 Å². The SMILES string of the molecule is c1cnc(OC2CCNCC2)c(-c2cncnc2)c1. The molecule has 0 saturated carbocycles. The molecule has 1 fully saturated rings. The quantitative estimate of drug-likeness (QED) is 0.905. The summed E-state index contributed by atoms with van der Waals surface area (Å²) in [5, 5.41) is 3.33. The predicted molar refractivity (Wildman–Crippen MR) is 71.8 cm³/mol. The van der Waals surface area contributed by atoms with Gasteiger partial charge in [0.05, 0.1) is 0 Å². The summed E-state index contributed by atoms with van der Waals surface area (Å²) in [4.78, 5) is 12.4. The predicted octanol–water partition coefficient (Wildman–Crippen LogP) is 1.67. The lowest BCUT2D eigenvalue weighted by molar-refractivity contribution is 0.157. The van der Waals surface area contributed by atoms with Crippen LogP contribution < -0.4 is 10.1 Å². The van der Waals surface area contributed by atoms with E-state index in [2.05, 4.69) is 20.3 Å². The van der Waals surface area contributed by atoms with E-state index in [1.54, 1.807) is 18.6 Å². The van der Waals surface area contributed by atoms with Crippen LogP contribution in [0.5, 0.6) is 5.88 Å². The highest BCUT2D eigenvalue weighted by Crippen LogP contribution is 2.28. The van der Waals surface area contributed by atoms with Gasteiger partial charge in [0.2, 0.25) is 5.88 Å². The molecule has 0 spiro atoms. The molecule has 98 valence electrons. The highest BCUT2D eigenvalue weighted by atomic mass is 16.5. The zero-order valence-electron chi connectivity index (χ0n) is 10.6. The molecule has 2 aromatic heterocycles. The molecular weight excluding hydrogens is 240 g/mol. The molecule has 19 heavy (non-hydrogen) atoms. The molecule has 0 aromatic carbocycles. The van der Waals surface area contributed by atoms with E-state index in [1.807, 2.05) is 12.1 Å². The number of nitrogens with one attached hydrogen (secondary N) is 1. The topological polar surface area (TPSA) is 59.9 Å². The summed E-state index contributed by atoms with van der Waals surface area (Å²) in [6, 6.07) is 3.89. The molecule has 1 N–H and O–H groups in total. The van der Waals surface area contributed by atoms with E-state index < -0.39 is 0 Å². The van der Waals surface area contributed by atoms with Crippen LogP contribution in [0, 0.1) is 0 Å². The van der Waals surface area contributed by atoms with Crippen LogP contribution in [0.1, 0.15) is 12.8 Å². The second-order valence-electron chi connectivity index (χ2n) is 4.55. The summed E-state index contributed by atoms with van der Waals surface area (Å²) >= 11 is 0. The fourth-order valence-corrected chi connectivity index (χ4v) is 2.21. The zero-order chi connectivity index (χ0) is 12.9. The van der Waals surface area contributed by atoms with Gasteiger partial charge in [0.1, 0.15) is 12.4 Å². The first kappa shape index (κ1) is 12.0. The van der Waals surface area contributed by atoms with Gasteiger partial charge in [0.15, 0.2) is 0 Å². The van der Waals surface area contributed by atoms with Gasteiger partial charge in [-0.05, 0) is 38.1 Å². The Labute approximate surface area is 112 Å². The van der Waals surface area contributed by atoms with E-state index in [-0.39, 0.29) is 6.10 Å². The molecule has 5 nitrogen and oxygen atoms in total. The molecule has 0 radical (unpaired) electrons. The molecule has 2 aromatic rings. The first-order chi connectivity index (χ1) is 9.43. The Morgan fingerprint density at radius 1 is 1.16 bits per heavy atom. The molecule has 1 saturated heterocycles. The van der Waals surface area contributed by atoms with Gasteiger partial charge in [-0.2, -0.15) is 0 Å². The minimum Gasteiger partial charge on any atom is -0.474 e. The van der Waals surface area contributed by atoms with E-state index >= 15 is 0 Å². The molecule has 3 rings (SSSR count). The maximum Gasteiger partial charge on any atom is 0.221 e. The lowest BCUT2D eigenvalue weighted by atomic mass is 10.1. The van der Waals surface area contributed by atoms with Gasteiger partial charge in [-0.3, -0.25) is 0 Å². The fourth-order valence-electron chi connectivity index (χ4n) is 2.21. The molecule has 1 aliphatic heterocycles. The van der Waals surface area contributed by atoms with Gasteiger partial charge < -0.3 is 10.1 Å². The Kier molecular flexibility index (Phi) is 3.65. The van der Waals surface area contributed by atoms with E-state index in [1.165, 1.54) is 6.33 Å². The first-order valence-electron chi connectivity index (χ1n) is 6.51. The Morgan fingerprint density at radius 2 is 1.95 bits per heavy atom. The van der Waals surface area contributed by atoms with Crippen LogP contribution in [0.15, 0.2) is 37.1 Å².